The van der Waals surface area contributed by atoms with Crippen LogP contribution < -0.4 is 9.47 Å². The fourth-order valence-corrected chi connectivity index (χ4v) is 3.30. The zero-order chi connectivity index (χ0) is 20.8. The lowest BCUT2D eigenvalue weighted by molar-refractivity contribution is -0.125. The Hall–Kier alpha value is -2.80. The highest BCUT2D eigenvalue weighted by Gasteiger charge is 2.15. The van der Waals surface area contributed by atoms with Gasteiger partial charge in [-0.1, -0.05) is 11.2 Å². The van der Waals surface area contributed by atoms with E-state index >= 15 is 0 Å². The minimum atomic E-state index is 0.0398. The lowest BCUT2D eigenvalue weighted by atomic mass is 10.1. The van der Waals surface area contributed by atoms with E-state index in [1.807, 2.05) is 43.0 Å². The van der Waals surface area contributed by atoms with E-state index in [0.29, 0.717) is 18.1 Å². The summed E-state index contributed by atoms with van der Waals surface area (Å²) in [7, 11) is 3.69. The first-order valence-electron chi connectivity index (χ1n) is 9.86. The SMILES string of the molecule is COc1cc(/C=C/C(=O)N2CCCN(C)CC2)ccc1OCc1c(C)noc1C. The molecule has 156 valence electrons. The van der Waals surface area contributed by atoms with Crippen molar-refractivity contribution in [2.24, 2.45) is 0 Å². The molecule has 0 atom stereocenters. The van der Waals surface area contributed by atoms with Crippen LogP contribution in [0.25, 0.3) is 6.08 Å². The topological polar surface area (TPSA) is 68.0 Å². The maximum Gasteiger partial charge on any atom is 0.246 e. The van der Waals surface area contributed by atoms with Gasteiger partial charge in [-0.15, -0.1) is 0 Å². The number of likely N-dealkylation sites (N-methyl/N-ethyl adjacent to an activating group) is 1. The Morgan fingerprint density at radius 1 is 1.21 bits per heavy atom. The number of carbonyl (C=O) groups is 1. The van der Waals surface area contributed by atoms with Crippen molar-refractivity contribution in [3.05, 3.63) is 46.9 Å². The molecule has 1 aliphatic rings. The number of hydrogen-bond acceptors (Lipinski definition) is 6. The van der Waals surface area contributed by atoms with Crippen molar-refractivity contribution < 1.29 is 18.8 Å². The van der Waals surface area contributed by atoms with Crippen molar-refractivity contribution in [1.29, 1.82) is 0 Å². The number of ether oxygens (including phenoxy) is 2. The summed E-state index contributed by atoms with van der Waals surface area (Å²) in [6, 6.07) is 5.62. The third-order valence-corrected chi connectivity index (χ3v) is 5.19. The third-order valence-electron chi connectivity index (χ3n) is 5.19. The zero-order valence-corrected chi connectivity index (χ0v) is 17.6. The molecule has 29 heavy (non-hydrogen) atoms. The zero-order valence-electron chi connectivity index (χ0n) is 17.6. The number of hydrogen-bond donors (Lipinski definition) is 0. The van der Waals surface area contributed by atoms with Gasteiger partial charge in [0.15, 0.2) is 11.5 Å². The Morgan fingerprint density at radius 2 is 2.03 bits per heavy atom. The fourth-order valence-electron chi connectivity index (χ4n) is 3.30. The molecule has 3 rings (SSSR count). The average molecular weight is 399 g/mol. The van der Waals surface area contributed by atoms with Crippen molar-refractivity contribution in [3.63, 3.8) is 0 Å². The van der Waals surface area contributed by atoms with Crippen LogP contribution in [0.3, 0.4) is 0 Å². The Morgan fingerprint density at radius 3 is 2.76 bits per heavy atom. The van der Waals surface area contributed by atoms with Gasteiger partial charge in [0.1, 0.15) is 12.4 Å². The number of aromatic nitrogens is 1. The molecule has 0 bridgehead atoms. The number of nitrogens with zero attached hydrogens (tertiary/aromatic N) is 3. The summed E-state index contributed by atoms with van der Waals surface area (Å²) in [5, 5.41) is 3.94. The Balaban J connectivity index is 1.65. The van der Waals surface area contributed by atoms with Crippen molar-refractivity contribution in [2.75, 3.05) is 40.3 Å². The quantitative estimate of drug-likeness (QED) is 0.696. The monoisotopic (exact) mass is 399 g/mol. The summed E-state index contributed by atoms with van der Waals surface area (Å²) in [5.74, 6) is 2.03. The Kier molecular flexibility index (Phi) is 6.93. The summed E-state index contributed by atoms with van der Waals surface area (Å²) in [5.41, 5.74) is 2.63. The van der Waals surface area contributed by atoms with Gasteiger partial charge in [-0.25, -0.2) is 0 Å². The number of benzene rings is 1. The minimum Gasteiger partial charge on any atom is -0.493 e. The van der Waals surface area contributed by atoms with E-state index in [9.17, 15) is 4.79 Å². The van der Waals surface area contributed by atoms with Gasteiger partial charge in [0.05, 0.1) is 18.4 Å². The van der Waals surface area contributed by atoms with Crippen LogP contribution in [0.15, 0.2) is 28.8 Å². The summed E-state index contributed by atoms with van der Waals surface area (Å²) in [4.78, 5) is 16.7. The first-order valence-corrected chi connectivity index (χ1v) is 9.86. The van der Waals surface area contributed by atoms with E-state index in [2.05, 4.69) is 17.1 Å². The predicted molar refractivity (Wildman–Crippen MR) is 111 cm³/mol. The predicted octanol–water partition coefficient (Wildman–Crippen LogP) is 3.06. The molecule has 1 aromatic carbocycles. The summed E-state index contributed by atoms with van der Waals surface area (Å²) in [6.07, 6.45) is 4.45. The summed E-state index contributed by atoms with van der Waals surface area (Å²) < 4.78 is 16.5. The molecule has 1 fully saturated rings. The van der Waals surface area contributed by atoms with Crippen LogP contribution in [0.2, 0.25) is 0 Å². The van der Waals surface area contributed by atoms with Crippen LogP contribution in [0.1, 0.15) is 29.0 Å². The molecule has 2 heterocycles. The van der Waals surface area contributed by atoms with Gasteiger partial charge in [0, 0.05) is 25.7 Å². The van der Waals surface area contributed by atoms with Gasteiger partial charge < -0.3 is 23.8 Å². The first-order chi connectivity index (χ1) is 14.0. The van der Waals surface area contributed by atoms with Crippen LogP contribution in [-0.2, 0) is 11.4 Å². The molecule has 0 saturated carbocycles. The molecule has 0 N–H and O–H groups in total. The van der Waals surface area contributed by atoms with Crippen molar-refractivity contribution >= 4 is 12.0 Å². The van der Waals surface area contributed by atoms with E-state index in [0.717, 1.165) is 55.2 Å². The standard InChI is InChI=1S/C22H29N3O4/c1-16-19(17(2)29-23-16)15-28-20-8-6-18(14-21(20)27-4)7-9-22(26)25-11-5-10-24(3)12-13-25/h6-9,14H,5,10-13,15H2,1-4H3/b9-7+. The first kappa shape index (κ1) is 20.9. The van der Waals surface area contributed by atoms with Crippen molar-refractivity contribution in [1.82, 2.24) is 15.0 Å². The van der Waals surface area contributed by atoms with Crippen LogP contribution in [-0.4, -0.2) is 61.2 Å². The molecule has 2 aromatic rings. The van der Waals surface area contributed by atoms with Gasteiger partial charge in [-0.2, -0.15) is 0 Å². The number of methoxy groups -OCH3 is 1. The van der Waals surface area contributed by atoms with Crippen LogP contribution in [0.4, 0.5) is 0 Å². The molecular weight excluding hydrogens is 370 g/mol. The molecular formula is C22H29N3O4. The van der Waals surface area contributed by atoms with E-state index in [1.54, 1.807) is 13.2 Å². The second-order valence-electron chi connectivity index (χ2n) is 7.32. The van der Waals surface area contributed by atoms with E-state index in [-0.39, 0.29) is 5.91 Å². The summed E-state index contributed by atoms with van der Waals surface area (Å²) >= 11 is 0. The minimum absolute atomic E-state index is 0.0398. The van der Waals surface area contributed by atoms with Gasteiger partial charge in [-0.3, -0.25) is 4.79 Å². The number of carbonyl (C=O) groups excluding carboxylic acids is 1. The van der Waals surface area contributed by atoms with Crippen LogP contribution >= 0.6 is 0 Å². The molecule has 7 nitrogen and oxygen atoms in total. The fraction of sp³-hybridized carbons (Fsp3) is 0.455. The molecule has 1 saturated heterocycles. The van der Waals surface area contributed by atoms with Crippen LogP contribution in [0, 0.1) is 13.8 Å². The van der Waals surface area contributed by atoms with E-state index in [4.69, 9.17) is 14.0 Å². The highest BCUT2D eigenvalue weighted by atomic mass is 16.5. The number of aryl methyl sites for hydroxylation is 2. The smallest absolute Gasteiger partial charge is 0.246 e. The summed E-state index contributed by atoms with van der Waals surface area (Å²) in [6.45, 7) is 7.60. The average Bonchev–Trinajstić information content (AvgIpc) is 2.90. The molecule has 1 aromatic heterocycles. The third kappa shape index (κ3) is 5.38. The molecule has 1 amide bonds. The molecule has 0 aliphatic carbocycles. The molecule has 7 heteroatoms. The highest BCUT2D eigenvalue weighted by molar-refractivity contribution is 5.91. The van der Waals surface area contributed by atoms with E-state index in [1.165, 1.54) is 0 Å². The van der Waals surface area contributed by atoms with Gasteiger partial charge in [-0.05, 0) is 57.6 Å². The van der Waals surface area contributed by atoms with Crippen molar-refractivity contribution in [2.45, 2.75) is 26.9 Å². The molecule has 0 radical (unpaired) electrons. The van der Waals surface area contributed by atoms with Gasteiger partial charge >= 0.3 is 0 Å². The lowest BCUT2D eigenvalue weighted by Crippen LogP contribution is -2.33. The molecule has 0 unspecified atom stereocenters. The maximum atomic E-state index is 12.5. The molecule has 1 aliphatic heterocycles. The lowest BCUT2D eigenvalue weighted by Gasteiger charge is -2.18. The maximum absolute atomic E-state index is 12.5. The second-order valence-corrected chi connectivity index (χ2v) is 7.32. The van der Waals surface area contributed by atoms with Crippen molar-refractivity contribution in [3.8, 4) is 11.5 Å². The number of rotatable bonds is 6. The van der Waals surface area contributed by atoms with E-state index < -0.39 is 0 Å². The Labute approximate surface area is 171 Å². The van der Waals surface area contributed by atoms with Crippen LogP contribution in [0.5, 0.6) is 11.5 Å². The number of amides is 1. The van der Waals surface area contributed by atoms with Gasteiger partial charge in [0.2, 0.25) is 5.91 Å². The Bertz CT molecular complexity index is 855. The largest absolute Gasteiger partial charge is 0.493 e. The molecule has 0 spiro atoms. The highest BCUT2D eigenvalue weighted by Crippen LogP contribution is 2.30. The normalized spacial score (nSPS) is 15.5. The van der Waals surface area contributed by atoms with Gasteiger partial charge in [0.25, 0.3) is 0 Å². The second kappa shape index (κ2) is 9.60.